The fourth-order valence-electron chi connectivity index (χ4n) is 1.52. The summed E-state index contributed by atoms with van der Waals surface area (Å²) in [5.41, 5.74) is 0.513. The fraction of sp³-hybridized carbons (Fsp3) is 0.333. The number of aromatic carboxylic acids is 1. The quantitative estimate of drug-likeness (QED) is 0.761. The Bertz CT molecular complexity index is 399. The van der Waals surface area contributed by atoms with Crippen LogP contribution in [0.25, 0.3) is 0 Å². The van der Waals surface area contributed by atoms with Crippen LogP contribution in [0.15, 0.2) is 16.7 Å². The maximum atomic E-state index is 11.2. The average Bonchev–Trinajstić information content (AvgIpc) is 2.77. The van der Waals surface area contributed by atoms with Crippen LogP contribution in [0.4, 0.5) is 4.79 Å². The SMILES string of the molecule is O=C(O)c1occc1CN1CCNC1=O. The van der Waals surface area contributed by atoms with E-state index >= 15 is 0 Å². The molecule has 1 fully saturated rings. The standard InChI is InChI=1S/C9H10N2O4/c12-8(13)7-6(1-4-15-7)5-11-3-2-10-9(11)14/h1,4H,2-3,5H2,(H,10,14)(H,12,13). The number of hydrogen-bond donors (Lipinski definition) is 2. The predicted octanol–water partition coefficient (Wildman–Crippen LogP) is 0.503. The van der Waals surface area contributed by atoms with Crippen molar-refractivity contribution in [2.24, 2.45) is 0 Å². The van der Waals surface area contributed by atoms with Crippen LogP contribution in [0.3, 0.4) is 0 Å². The van der Waals surface area contributed by atoms with Gasteiger partial charge in [0.25, 0.3) is 0 Å². The van der Waals surface area contributed by atoms with Crippen LogP contribution < -0.4 is 5.32 Å². The number of carboxylic acids is 1. The lowest BCUT2D eigenvalue weighted by atomic mass is 10.2. The van der Waals surface area contributed by atoms with Gasteiger partial charge >= 0.3 is 12.0 Å². The third-order valence-electron chi connectivity index (χ3n) is 2.25. The highest BCUT2D eigenvalue weighted by Gasteiger charge is 2.23. The van der Waals surface area contributed by atoms with Gasteiger partial charge in [-0.15, -0.1) is 0 Å². The first-order valence-corrected chi connectivity index (χ1v) is 4.51. The maximum absolute atomic E-state index is 11.2. The van der Waals surface area contributed by atoms with Crippen molar-refractivity contribution in [3.8, 4) is 0 Å². The largest absolute Gasteiger partial charge is 0.475 e. The molecule has 1 aromatic heterocycles. The summed E-state index contributed by atoms with van der Waals surface area (Å²) in [5, 5.41) is 11.4. The first kappa shape index (κ1) is 9.57. The van der Waals surface area contributed by atoms with Gasteiger partial charge < -0.3 is 19.7 Å². The molecule has 6 nitrogen and oxygen atoms in total. The van der Waals surface area contributed by atoms with E-state index in [1.807, 2.05) is 0 Å². The van der Waals surface area contributed by atoms with Gasteiger partial charge in [-0.05, 0) is 6.07 Å². The van der Waals surface area contributed by atoms with Crippen LogP contribution in [0, 0.1) is 0 Å². The Morgan fingerprint density at radius 2 is 2.47 bits per heavy atom. The number of furan rings is 1. The van der Waals surface area contributed by atoms with Crippen molar-refractivity contribution in [3.05, 3.63) is 23.7 Å². The third-order valence-corrected chi connectivity index (χ3v) is 2.25. The first-order valence-electron chi connectivity index (χ1n) is 4.51. The minimum atomic E-state index is -1.12. The zero-order chi connectivity index (χ0) is 10.8. The zero-order valence-electron chi connectivity index (χ0n) is 7.90. The second kappa shape index (κ2) is 3.64. The lowest BCUT2D eigenvalue weighted by molar-refractivity contribution is 0.0659. The summed E-state index contributed by atoms with van der Waals surface area (Å²) in [6, 6.07) is 1.39. The molecule has 6 heteroatoms. The van der Waals surface area contributed by atoms with Crippen molar-refractivity contribution in [1.29, 1.82) is 0 Å². The number of nitrogens with zero attached hydrogens (tertiary/aromatic N) is 1. The Balaban J connectivity index is 2.13. The number of hydrogen-bond acceptors (Lipinski definition) is 3. The van der Waals surface area contributed by atoms with Crippen LogP contribution in [-0.2, 0) is 6.54 Å². The van der Waals surface area contributed by atoms with Crippen molar-refractivity contribution >= 4 is 12.0 Å². The molecule has 0 bridgehead atoms. The Morgan fingerprint density at radius 1 is 1.67 bits per heavy atom. The van der Waals surface area contributed by atoms with Crippen molar-refractivity contribution in [2.75, 3.05) is 13.1 Å². The van der Waals surface area contributed by atoms with Gasteiger partial charge in [0.1, 0.15) is 0 Å². The van der Waals surface area contributed by atoms with Crippen LogP contribution in [0.5, 0.6) is 0 Å². The summed E-state index contributed by atoms with van der Waals surface area (Å²) in [5.74, 6) is -1.22. The second-order valence-electron chi connectivity index (χ2n) is 3.23. The Kier molecular flexibility index (Phi) is 2.32. The summed E-state index contributed by atoms with van der Waals surface area (Å²) in [6.07, 6.45) is 1.31. The molecule has 2 rings (SSSR count). The second-order valence-corrected chi connectivity index (χ2v) is 3.23. The van der Waals surface area contributed by atoms with E-state index in [-0.39, 0.29) is 18.3 Å². The van der Waals surface area contributed by atoms with Crippen LogP contribution in [-0.4, -0.2) is 35.1 Å². The number of carboxylic acid groups (broad SMARTS) is 1. The van der Waals surface area contributed by atoms with E-state index in [9.17, 15) is 9.59 Å². The molecule has 0 aliphatic carbocycles. The molecule has 1 saturated heterocycles. The molecule has 80 valence electrons. The Hall–Kier alpha value is -1.98. The van der Waals surface area contributed by atoms with Crippen molar-refractivity contribution < 1.29 is 19.1 Å². The van der Waals surface area contributed by atoms with E-state index in [1.54, 1.807) is 6.07 Å². The summed E-state index contributed by atoms with van der Waals surface area (Å²) in [4.78, 5) is 23.5. The molecule has 1 aliphatic heterocycles. The molecular weight excluding hydrogens is 200 g/mol. The molecule has 1 aromatic rings. The molecule has 0 aromatic carbocycles. The highest BCUT2D eigenvalue weighted by molar-refractivity contribution is 5.86. The summed E-state index contributed by atoms with van der Waals surface area (Å²) in [6.45, 7) is 1.45. The van der Waals surface area contributed by atoms with Crippen molar-refractivity contribution in [1.82, 2.24) is 10.2 Å². The van der Waals surface area contributed by atoms with Gasteiger partial charge in [0.05, 0.1) is 12.8 Å². The fourth-order valence-corrected chi connectivity index (χ4v) is 1.52. The van der Waals surface area contributed by atoms with E-state index in [4.69, 9.17) is 9.52 Å². The number of carbonyl (C=O) groups is 2. The van der Waals surface area contributed by atoms with Crippen molar-refractivity contribution in [2.45, 2.75) is 6.54 Å². The van der Waals surface area contributed by atoms with Gasteiger partial charge in [-0.1, -0.05) is 0 Å². The average molecular weight is 210 g/mol. The molecule has 1 aliphatic rings. The van der Waals surface area contributed by atoms with Gasteiger partial charge in [-0.2, -0.15) is 0 Å². The topological polar surface area (TPSA) is 82.8 Å². The van der Waals surface area contributed by atoms with E-state index in [1.165, 1.54) is 11.2 Å². The minimum absolute atomic E-state index is 0.102. The molecule has 2 heterocycles. The molecular formula is C9H10N2O4. The maximum Gasteiger partial charge on any atom is 0.372 e. The van der Waals surface area contributed by atoms with E-state index < -0.39 is 5.97 Å². The van der Waals surface area contributed by atoms with E-state index in [0.29, 0.717) is 18.7 Å². The lowest BCUT2D eigenvalue weighted by Crippen LogP contribution is -2.27. The lowest BCUT2D eigenvalue weighted by Gasteiger charge is -2.12. The van der Waals surface area contributed by atoms with Gasteiger partial charge in [-0.3, -0.25) is 0 Å². The molecule has 0 atom stereocenters. The Morgan fingerprint density at radius 3 is 3.07 bits per heavy atom. The van der Waals surface area contributed by atoms with E-state index in [2.05, 4.69) is 5.32 Å². The highest BCUT2D eigenvalue weighted by atomic mass is 16.4. The van der Waals surface area contributed by atoms with Crippen LogP contribution in [0.1, 0.15) is 16.1 Å². The highest BCUT2D eigenvalue weighted by Crippen LogP contribution is 2.14. The number of nitrogens with one attached hydrogen (secondary N) is 1. The van der Waals surface area contributed by atoms with Crippen LogP contribution >= 0.6 is 0 Å². The summed E-state index contributed by atoms with van der Waals surface area (Å²) < 4.78 is 4.81. The van der Waals surface area contributed by atoms with Gasteiger partial charge in [-0.25, -0.2) is 9.59 Å². The number of carbonyl (C=O) groups excluding carboxylic acids is 1. The third kappa shape index (κ3) is 1.78. The van der Waals surface area contributed by atoms with Gasteiger partial charge in [0.15, 0.2) is 0 Å². The Labute approximate surface area is 85.5 Å². The molecule has 0 spiro atoms. The van der Waals surface area contributed by atoms with Crippen LogP contribution in [0.2, 0.25) is 0 Å². The molecule has 0 saturated carbocycles. The predicted molar refractivity (Wildman–Crippen MR) is 49.5 cm³/mol. The summed E-state index contributed by atoms with van der Waals surface area (Å²) >= 11 is 0. The number of amides is 2. The van der Waals surface area contributed by atoms with Crippen molar-refractivity contribution in [3.63, 3.8) is 0 Å². The number of rotatable bonds is 3. The molecule has 0 radical (unpaired) electrons. The normalized spacial score (nSPS) is 15.5. The summed E-state index contributed by atoms with van der Waals surface area (Å²) in [7, 11) is 0. The first-order chi connectivity index (χ1) is 7.18. The zero-order valence-corrected chi connectivity index (χ0v) is 7.90. The smallest absolute Gasteiger partial charge is 0.372 e. The van der Waals surface area contributed by atoms with E-state index in [0.717, 1.165) is 0 Å². The monoisotopic (exact) mass is 210 g/mol. The molecule has 2 amide bonds. The molecule has 2 N–H and O–H groups in total. The molecule has 0 unspecified atom stereocenters. The minimum Gasteiger partial charge on any atom is -0.475 e. The van der Waals surface area contributed by atoms with Gasteiger partial charge in [0, 0.05) is 18.7 Å². The van der Waals surface area contributed by atoms with Gasteiger partial charge in [0.2, 0.25) is 5.76 Å². The molecule has 15 heavy (non-hydrogen) atoms. The number of urea groups is 1.